The monoisotopic (exact) mass is 346 g/mol. The van der Waals surface area contributed by atoms with Gasteiger partial charge in [0.2, 0.25) is 0 Å². The Kier molecular flexibility index (Phi) is 4.70. The standard InChI is InChI=1S/C18H26N4OS/c1-13-20-16(12-24-13)10-22-6-5-18(23-11-14-3-4-14)17(22)7-15-8-19-21(2)9-15/h8-9,12,14,17-18H,3-7,10-11H2,1-2H3/t17-,18+/m1/s1. The minimum Gasteiger partial charge on any atom is -0.376 e. The fourth-order valence-corrected chi connectivity index (χ4v) is 4.19. The fourth-order valence-electron chi connectivity index (χ4n) is 3.59. The van der Waals surface area contributed by atoms with E-state index >= 15 is 0 Å². The van der Waals surface area contributed by atoms with Crippen LogP contribution in [0.2, 0.25) is 0 Å². The zero-order chi connectivity index (χ0) is 16.5. The second-order valence-electron chi connectivity index (χ2n) is 7.23. The summed E-state index contributed by atoms with van der Waals surface area (Å²) in [5.74, 6) is 0.819. The lowest BCUT2D eigenvalue weighted by atomic mass is 10.0. The van der Waals surface area contributed by atoms with Gasteiger partial charge in [0.05, 0.1) is 23.0 Å². The number of ether oxygens (including phenoxy) is 1. The molecule has 0 amide bonds. The molecule has 0 unspecified atom stereocenters. The molecular formula is C18H26N4OS. The molecule has 2 fully saturated rings. The highest BCUT2D eigenvalue weighted by molar-refractivity contribution is 7.09. The lowest BCUT2D eigenvalue weighted by Crippen LogP contribution is -2.38. The summed E-state index contributed by atoms with van der Waals surface area (Å²) in [4.78, 5) is 7.20. The van der Waals surface area contributed by atoms with Crippen molar-refractivity contribution in [1.29, 1.82) is 0 Å². The molecule has 3 heterocycles. The molecule has 6 heteroatoms. The average Bonchev–Trinajstić information content (AvgIpc) is 2.98. The zero-order valence-electron chi connectivity index (χ0n) is 14.5. The molecule has 1 saturated heterocycles. The quantitative estimate of drug-likeness (QED) is 0.773. The van der Waals surface area contributed by atoms with E-state index in [4.69, 9.17) is 4.74 Å². The van der Waals surface area contributed by atoms with Gasteiger partial charge in [-0.2, -0.15) is 5.10 Å². The smallest absolute Gasteiger partial charge is 0.0897 e. The number of aromatic nitrogens is 3. The number of hydrogen-bond acceptors (Lipinski definition) is 5. The van der Waals surface area contributed by atoms with Crippen molar-refractivity contribution in [2.24, 2.45) is 13.0 Å². The van der Waals surface area contributed by atoms with E-state index in [1.54, 1.807) is 11.3 Å². The van der Waals surface area contributed by atoms with Gasteiger partial charge in [-0.25, -0.2) is 4.98 Å². The van der Waals surface area contributed by atoms with Gasteiger partial charge in [0, 0.05) is 44.4 Å². The minimum absolute atomic E-state index is 0.338. The van der Waals surface area contributed by atoms with Crippen LogP contribution in [0.1, 0.15) is 35.5 Å². The molecule has 2 atom stereocenters. The van der Waals surface area contributed by atoms with Gasteiger partial charge in [0.1, 0.15) is 0 Å². The summed E-state index contributed by atoms with van der Waals surface area (Å²) in [5.41, 5.74) is 2.49. The topological polar surface area (TPSA) is 43.2 Å². The molecular weight excluding hydrogens is 320 g/mol. The first-order valence-electron chi connectivity index (χ1n) is 8.91. The summed E-state index contributed by atoms with van der Waals surface area (Å²) in [6, 6.07) is 0.426. The van der Waals surface area contributed by atoms with Gasteiger partial charge < -0.3 is 4.74 Å². The van der Waals surface area contributed by atoms with Crippen molar-refractivity contribution in [3.05, 3.63) is 34.0 Å². The SMILES string of the molecule is Cc1nc(CN2CC[C@H](OCC3CC3)[C@H]2Cc2cnn(C)c2)cs1. The highest BCUT2D eigenvalue weighted by Gasteiger charge is 2.36. The molecule has 1 aliphatic carbocycles. The first-order valence-corrected chi connectivity index (χ1v) is 9.79. The second kappa shape index (κ2) is 6.94. The van der Waals surface area contributed by atoms with E-state index in [-0.39, 0.29) is 0 Å². The minimum atomic E-state index is 0.338. The molecule has 0 aromatic carbocycles. The number of rotatable bonds is 7. The van der Waals surface area contributed by atoms with Crippen LogP contribution in [-0.2, 0) is 24.8 Å². The van der Waals surface area contributed by atoms with Crippen LogP contribution in [0.15, 0.2) is 17.8 Å². The molecule has 0 radical (unpaired) electrons. The lowest BCUT2D eigenvalue weighted by molar-refractivity contribution is 0.0195. The van der Waals surface area contributed by atoms with Crippen LogP contribution in [0.25, 0.3) is 0 Å². The molecule has 0 spiro atoms. The van der Waals surface area contributed by atoms with Crippen LogP contribution in [-0.4, -0.2) is 45.0 Å². The third kappa shape index (κ3) is 3.87. The summed E-state index contributed by atoms with van der Waals surface area (Å²) in [5, 5.41) is 7.66. The van der Waals surface area contributed by atoms with Gasteiger partial charge in [-0.05, 0) is 44.1 Å². The summed E-state index contributed by atoms with van der Waals surface area (Å²) < 4.78 is 8.19. The molecule has 1 aliphatic heterocycles. The average molecular weight is 346 g/mol. The van der Waals surface area contributed by atoms with Crippen molar-refractivity contribution < 1.29 is 4.74 Å². The van der Waals surface area contributed by atoms with Crippen molar-refractivity contribution in [3.8, 4) is 0 Å². The van der Waals surface area contributed by atoms with Gasteiger partial charge in [0.25, 0.3) is 0 Å². The van der Waals surface area contributed by atoms with E-state index < -0.39 is 0 Å². The normalized spacial score (nSPS) is 24.8. The Bertz CT molecular complexity index is 678. The maximum Gasteiger partial charge on any atom is 0.0897 e. The predicted molar refractivity (Wildman–Crippen MR) is 95.0 cm³/mol. The molecule has 2 aliphatic rings. The fraction of sp³-hybridized carbons (Fsp3) is 0.667. The Balaban J connectivity index is 1.45. The van der Waals surface area contributed by atoms with Gasteiger partial charge in [-0.1, -0.05) is 0 Å². The van der Waals surface area contributed by atoms with Crippen molar-refractivity contribution in [3.63, 3.8) is 0 Å². The van der Waals surface area contributed by atoms with E-state index in [1.165, 1.54) is 24.1 Å². The molecule has 1 saturated carbocycles. The van der Waals surface area contributed by atoms with Gasteiger partial charge in [0.15, 0.2) is 0 Å². The second-order valence-corrected chi connectivity index (χ2v) is 8.29. The molecule has 4 rings (SSSR count). The van der Waals surface area contributed by atoms with Gasteiger partial charge in [-0.3, -0.25) is 9.58 Å². The number of likely N-dealkylation sites (tertiary alicyclic amines) is 1. The summed E-state index contributed by atoms with van der Waals surface area (Å²) >= 11 is 1.74. The Labute approximate surface area is 147 Å². The molecule has 2 aromatic rings. The molecule has 2 aromatic heterocycles. The number of thiazole rings is 1. The number of hydrogen-bond donors (Lipinski definition) is 0. The maximum absolute atomic E-state index is 6.30. The molecule has 24 heavy (non-hydrogen) atoms. The first-order chi connectivity index (χ1) is 11.7. The Hall–Kier alpha value is -1.24. The van der Waals surface area contributed by atoms with E-state index in [1.807, 2.05) is 17.9 Å². The number of nitrogens with zero attached hydrogens (tertiary/aromatic N) is 4. The Morgan fingerprint density at radius 2 is 2.21 bits per heavy atom. The molecule has 0 bridgehead atoms. The highest BCUT2D eigenvalue weighted by Crippen LogP contribution is 2.32. The van der Waals surface area contributed by atoms with Crippen LogP contribution in [0.3, 0.4) is 0 Å². The van der Waals surface area contributed by atoms with Gasteiger partial charge >= 0.3 is 0 Å². The van der Waals surface area contributed by atoms with E-state index in [2.05, 4.69) is 33.5 Å². The van der Waals surface area contributed by atoms with E-state index in [0.717, 1.165) is 43.5 Å². The predicted octanol–water partition coefficient (Wildman–Crippen LogP) is 2.80. The Morgan fingerprint density at radius 1 is 1.33 bits per heavy atom. The van der Waals surface area contributed by atoms with E-state index in [9.17, 15) is 0 Å². The highest BCUT2D eigenvalue weighted by atomic mass is 32.1. The van der Waals surface area contributed by atoms with Gasteiger partial charge in [-0.15, -0.1) is 11.3 Å². The lowest BCUT2D eigenvalue weighted by Gasteiger charge is -2.27. The van der Waals surface area contributed by atoms with Crippen LogP contribution in [0, 0.1) is 12.8 Å². The zero-order valence-corrected chi connectivity index (χ0v) is 15.3. The largest absolute Gasteiger partial charge is 0.376 e. The van der Waals surface area contributed by atoms with E-state index in [0.29, 0.717) is 12.1 Å². The molecule has 5 nitrogen and oxygen atoms in total. The van der Waals surface area contributed by atoms with Crippen LogP contribution >= 0.6 is 11.3 Å². The molecule has 130 valence electrons. The third-order valence-corrected chi connectivity index (χ3v) is 5.90. The Morgan fingerprint density at radius 3 is 2.88 bits per heavy atom. The summed E-state index contributed by atoms with van der Waals surface area (Å²) in [7, 11) is 1.98. The summed E-state index contributed by atoms with van der Waals surface area (Å²) in [6.45, 7) is 5.04. The van der Waals surface area contributed by atoms with Crippen molar-refractivity contribution >= 4 is 11.3 Å². The maximum atomic E-state index is 6.30. The first kappa shape index (κ1) is 16.2. The van der Waals surface area contributed by atoms with Crippen molar-refractivity contribution in [2.75, 3.05) is 13.2 Å². The van der Waals surface area contributed by atoms with Crippen molar-refractivity contribution in [1.82, 2.24) is 19.7 Å². The van der Waals surface area contributed by atoms with Crippen LogP contribution < -0.4 is 0 Å². The third-order valence-electron chi connectivity index (χ3n) is 5.08. The summed E-state index contributed by atoms with van der Waals surface area (Å²) in [6.07, 6.45) is 9.28. The van der Waals surface area contributed by atoms with Crippen LogP contribution in [0.5, 0.6) is 0 Å². The number of aryl methyl sites for hydroxylation is 2. The molecule has 0 N–H and O–H groups in total. The van der Waals surface area contributed by atoms with Crippen LogP contribution in [0.4, 0.5) is 0 Å². The van der Waals surface area contributed by atoms with Crippen molar-refractivity contribution in [2.45, 2.75) is 51.3 Å².